The minimum absolute atomic E-state index is 0.119. The molecule has 3 aromatic rings. The average molecular weight is 435 g/mol. The SMILES string of the molecule is COc1ccc(-c2cc(C(C)C)n(CC(=O)N3CCN(c4cccc[n+]4C)CC3)n2)cc1. The van der Waals surface area contributed by atoms with Gasteiger partial charge in [-0.1, -0.05) is 19.9 Å². The third-order valence-electron chi connectivity index (χ3n) is 6.06. The Kier molecular flexibility index (Phi) is 6.44. The van der Waals surface area contributed by atoms with Crippen molar-refractivity contribution in [3.05, 3.63) is 60.4 Å². The van der Waals surface area contributed by atoms with Gasteiger partial charge in [-0.2, -0.15) is 5.10 Å². The van der Waals surface area contributed by atoms with Crippen LogP contribution in [0.2, 0.25) is 0 Å². The molecule has 1 aliphatic heterocycles. The first-order valence-corrected chi connectivity index (χ1v) is 11.2. The van der Waals surface area contributed by atoms with E-state index in [1.165, 1.54) is 5.82 Å². The van der Waals surface area contributed by atoms with Gasteiger partial charge < -0.3 is 9.64 Å². The number of anilines is 1. The van der Waals surface area contributed by atoms with Gasteiger partial charge in [0.2, 0.25) is 5.91 Å². The molecule has 0 saturated carbocycles. The largest absolute Gasteiger partial charge is 0.497 e. The quantitative estimate of drug-likeness (QED) is 0.560. The van der Waals surface area contributed by atoms with Crippen molar-refractivity contribution in [3.8, 4) is 17.0 Å². The second-order valence-electron chi connectivity index (χ2n) is 8.53. The molecule has 2 aromatic heterocycles. The summed E-state index contributed by atoms with van der Waals surface area (Å²) < 4.78 is 9.25. The fourth-order valence-electron chi connectivity index (χ4n) is 4.18. The van der Waals surface area contributed by atoms with Gasteiger partial charge in [-0.05, 0) is 42.3 Å². The summed E-state index contributed by atoms with van der Waals surface area (Å²) in [6.45, 7) is 7.63. The minimum Gasteiger partial charge on any atom is -0.497 e. The Morgan fingerprint density at radius 1 is 1.09 bits per heavy atom. The topological polar surface area (TPSA) is 54.5 Å². The van der Waals surface area contributed by atoms with Crippen molar-refractivity contribution >= 4 is 11.7 Å². The zero-order valence-electron chi connectivity index (χ0n) is 19.4. The van der Waals surface area contributed by atoms with Crippen molar-refractivity contribution in [3.63, 3.8) is 0 Å². The van der Waals surface area contributed by atoms with Gasteiger partial charge in [0, 0.05) is 17.3 Å². The number of aromatic nitrogens is 3. The second-order valence-corrected chi connectivity index (χ2v) is 8.53. The van der Waals surface area contributed by atoms with Crippen LogP contribution in [0.3, 0.4) is 0 Å². The fraction of sp³-hybridized carbons (Fsp3) is 0.400. The molecule has 1 amide bonds. The Hall–Kier alpha value is -3.35. The highest BCUT2D eigenvalue weighted by Gasteiger charge is 2.27. The van der Waals surface area contributed by atoms with Crippen molar-refractivity contribution < 1.29 is 14.1 Å². The molecule has 32 heavy (non-hydrogen) atoms. The van der Waals surface area contributed by atoms with Crippen molar-refractivity contribution in [2.75, 3.05) is 38.2 Å². The van der Waals surface area contributed by atoms with Crippen LogP contribution in [0.5, 0.6) is 5.75 Å². The van der Waals surface area contributed by atoms with E-state index in [-0.39, 0.29) is 18.4 Å². The minimum atomic E-state index is 0.119. The number of aryl methyl sites for hydroxylation is 1. The van der Waals surface area contributed by atoms with E-state index in [0.717, 1.165) is 48.9 Å². The number of ether oxygens (including phenoxy) is 1. The van der Waals surface area contributed by atoms with Crippen LogP contribution in [-0.4, -0.2) is 53.9 Å². The molecule has 0 aliphatic carbocycles. The maximum absolute atomic E-state index is 13.1. The predicted molar refractivity (Wildman–Crippen MR) is 125 cm³/mol. The smallest absolute Gasteiger partial charge is 0.276 e. The van der Waals surface area contributed by atoms with Crippen molar-refractivity contribution in [2.24, 2.45) is 7.05 Å². The van der Waals surface area contributed by atoms with Gasteiger partial charge in [0.25, 0.3) is 5.82 Å². The Balaban J connectivity index is 1.45. The summed E-state index contributed by atoms with van der Waals surface area (Å²) in [5, 5.41) is 4.78. The van der Waals surface area contributed by atoms with Gasteiger partial charge >= 0.3 is 0 Å². The van der Waals surface area contributed by atoms with E-state index in [0.29, 0.717) is 0 Å². The summed E-state index contributed by atoms with van der Waals surface area (Å²) in [5.74, 6) is 2.39. The van der Waals surface area contributed by atoms with Gasteiger partial charge in [-0.25, -0.2) is 4.57 Å². The molecule has 3 heterocycles. The molecule has 1 fully saturated rings. The lowest BCUT2D eigenvalue weighted by molar-refractivity contribution is -0.659. The van der Waals surface area contributed by atoms with Crippen LogP contribution in [0.4, 0.5) is 5.82 Å². The van der Waals surface area contributed by atoms with Crippen LogP contribution < -0.4 is 14.2 Å². The van der Waals surface area contributed by atoms with Gasteiger partial charge in [-0.3, -0.25) is 14.4 Å². The van der Waals surface area contributed by atoms with Gasteiger partial charge in [-0.15, -0.1) is 0 Å². The highest BCUT2D eigenvalue weighted by Crippen LogP contribution is 2.25. The summed E-state index contributed by atoms with van der Waals surface area (Å²) in [5.41, 5.74) is 2.97. The third kappa shape index (κ3) is 4.61. The van der Waals surface area contributed by atoms with Crippen LogP contribution in [0, 0.1) is 0 Å². The van der Waals surface area contributed by atoms with E-state index in [4.69, 9.17) is 9.84 Å². The van der Waals surface area contributed by atoms with Gasteiger partial charge in [0.15, 0.2) is 0 Å². The number of piperazine rings is 1. The average Bonchev–Trinajstić information content (AvgIpc) is 3.23. The van der Waals surface area contributed by atoms with E-state index >= 15 is 0 Å². The zero-order valence-corrected chi connectivity index (χ0v) is 19.4. The lowest BCUT2D eigenvalue weighted by Gasteiger charge is -2.31. The number of pyridine rings is 1. The number of carbonyl (C=O) groups is 1. The highest BCUT2D eigenvalue weighted by molar-refractivity contribution is 5.76. The third-order valence-corrected chi connectivity index (χ3v) is 6.06. The molecule has 168 valence electrons. The molecule has 0 bridgehead atoms. The van der Waals surface area contributed by atoms with E-state index in [1.807, 2.05) is 39.9 Å². The Morgan fingerprint density at radius 3 is 2.44 bits per heavy atom. The molecule has 0 N–H and O–H groups in total. The van der Waals surface area contributed by atoms with Crippen molar-refractivity contribution in [1.82, 2.24) is 14.7 Å². The monoisotopic (exact) mass is 434 g/mol. The first-order chi connectivity index (χ1) is 15.5. The molecule has 4 rings (SSSR count). The Morgan fingerprint density at radius 2 is 1.81 bits per heavy atom. The molecular formula is C25H32N5O2+. The number of hydrogen-bond acceptors (Lipinski definition) is 4. The van der Waals surface area contributed by atoms with E-state index in [2.05, 4.69) is 54.8 Å². The Labute approximate surface area is 189 Å². The summed E-state index contributed by atoms with van der Waals surface area (Å²) in [6, 6.07) is 16.2. The second kappa shape index (κ2) is 9.42. The predicted octanol–water partition coefficient (Wildman–Crippen LogP) is 2.86. The molecule has 1 aliphatic rings. The molecule has 0 unspecified atom stereocenters. The molecule has 0 spiro atoms. The maximum atomic E-state index is 13.1. The molecule has 1 aromatic carbocycles. The van der Waals surface area contributed by atoms with Crippen LogP contribution in [0.15, 0.2) is 54.7 Å². The number of amides is 1. The summed E-state index contributed by atoms with van der Waals surface area (Å²) >= 11 is 0. The van der Waals surface area contributed by atoms with Crippen LogP contribution >= 0.6 is 0 Å². The molecular weight excluding hydrogens is 402 g/mol. The maximum Gasteiger partial charge on any atom is 0.276 e. The van der Waals surface area contributed by atoms with Crippen LogP contribution in [0.25, 0.3) is 11.3 Å². The Bertz CT molecular complexity index is 1070. The number of hydrogen-bond donors (Lipinski definition) is 0. The summed E-state index contributed by atoms with van der Waals surface area (Å²) in [7, 11) is 3.71. The number of carbonyl (C=O) groups excluding carboxylic acids is 1. The molecule has 7 heteroatoms. The first kappa shape index (κ1) is 21.9. The van der Waals surface area contributed by atoms with E-state index < -0.39 is 0 Å². The van der Waals surface area contributed by atoms with E-state index in [1.54, 1.807) is 7.11 Å². The number of rotatable bonds is 6. The first-order valence-electron chi connectivity index (χ1n) is 11.2. The molecule has 0 radical (unpaired) electrons. The van der Waals surface area contributed by atoms with E-state index in [9.17, 15) is 4.79 Å². The standard InChI is InChI=1S/C25H32N5O2/c1-19(2)23-17-22(20-8-10-21(32-4)11-9-20)26-30(23)18-25(31)29-15-13-28(14-16-29)24-7-5-6-12-27(24)3/h5-12,17,19H,13-16,18H2,1-4H3/q+1. The number of benzene rings is 1. The van der Waals surface area contributed by atoms with Crippen molar-refractivity contribution in [2.45, 2.75) is 26.3 Å². The highest BCUT2D eigenvalue weighted by atomic mass is 16.5. The summed E-state index contributed by atoms with van der Waals surface area (Å²) in [4.78, 5) is 17.4. The fourth-order valence-corrected chi connectivity index (χ4v) is 4.18. The molecule has 0 atom stereocenters. The number of nitrogens with zero attached hydrogens (tertiary/aromatic N) is 5. The lowest BCUT2D eigenvalue weighted by atomic mass is 10.1. The molecule has 1 saturated heterocycles. The summed E-state index contributed by atoms with van der Waals surface area (Å²) in [6.07, 6.45) is 2.05. The number of methoxy groups -OCH3 is 1. The van der Waals surface area contributed by atoms with Crippen LogP contribution in [0.1, 0.15) is 25.5 Å². The van der Waals surface area contributed by atoms with Gasteiger partial charge in [0.05, 0.1) is 39.1 Å². The molecule has 7 nitrogen and oxygen atoms in total. The van der Waals surface area contributed by atoms with Crippen LogP contribution in [-0.2, 0) is 18.4 Å². The normalized spacial score (nSPS) is 14.2. The van der Waals surface area contributed by atoms with Gasteiger partial charge in [0.1, 0.15) is 25.4 Å². The lowest BCUT2D eigenvalue weighted by Crippen LogP contribution is -2.52. The zero-order chi connectivity index (χ0) is 22.7. The van der Waals surface area contributed by atoms with Crippen molar-refractivity contribution in [1.29, 1.82) is 0 Å².